The summed E-state index contributed by atoms with van der Waals surface area (Å²) >= 11 is 0. The molecule has 0 saturated carbocycles. The van der Waals surface area contributed by atoms with E-state index in [1.807, 2.05) is 18.2 Å². The highest BCUT2D eigenvalue weighted by molar-refractivity contribution is 5.33. The number of nitrogens with one attached hydrogen (secondary N) is 1. The van der Waals surface area contributed by atoms with E-state index >= 15 is 0 Å². The van der Waals surface area contributed by atoms with Crippen molar-refractivity contribution in [2.24, 2.45) is 0 Å². The molecule has 1 aliphatic heterocycles. The van der Waals surface area contributed by atoms with Gasteiger partial charge in [0.1, 0.15) is 11.5 Å². The van der Waals surface area contributed by atoms with Crippen LogP contribution >= 0.6 is 0 Å². The summed E-state index contributed by atoms with van der Waals surface area (Å²) in [5, 5.41) is 3.63. The molecule has 2 aromatic carbocycles. The zero-order valence-electron chi connectivity index (χ0n) is 15.2. The Morgan fingerprint density at radius 3 is 2.56 bits per heavy atom. The summed E-state index contributed by atoms with van der Waals surface area (Å²) in [5.41, 5.74) is 2.50. The lowest BCUT2D eigenvalue weighted by molar-refractivity contribution is 0.237. The molecule has 1 N–H and O–H groups in total. The molecule has 4 heteroatoms. The maximum absolute atomic E-state index is 5.45. The Morgan fingerprint density at radius 1 is 1.00 bits per heavy atom. The van der Waals surface area contributed by atoms with Crippen LogP contribution in [0.5, 0.6) is 11.5 Å². The van der Waals surface area contributed by atoms with E-state index < -0.39 is 0 Å². The minimum atomic E-state index is 0.368. The standard InChI is InChI=1S/C21H28N2O2/c1-24-19-10-7-9-17(14-19)20(23-12-5-6-13-23)16-22-15-18-8-3-4-11-21(18)25-2/h3-4,7-11,14,20,22H,5-6,12-13,15-16H2,1-2H3/t20-/m0/s1. The number of benzene rings is 2. The second kappa shape index (κ2) is 8.88. The first kappa shape index (κ1) is 17.8. The third-order valence-corrected chi connectivity index (χ3v) is 4.91. The maximum atomic E-state index is 5.45. The zero-order valence-corrected chi connectivity index (χ0v) is 15.2. The van der Waals surface area contributed by atoms with Crippen LogP contribution in [0.3, 0.4) is 0 Å². The zero-order chi connectivity index (χ0) is 17.5. The SMILES string of the molecule is COc1cccc([C@H](CNCc2ccccc2OC)N2CCCC2)c1. The van der Waals surface area contributed by atoms with E-state index in [2.05, 4.69) is 40.5 Å². The minimum Gasteiger partial charge on any atom is -0.497 e. The van der Waals surface area contributed by atoms with Crippen molar-refractivity contribution >= 4 is 0 Å². The molecule has 1 aliphatic rings. The van der Waals surface area contributed by atoms with Crippen LogP contribution in [0.2, 0.25) is 0 Å². The van der Waals surface area contributed by atoms with Crippen LogP contribution in [0.4, 0.5) is 0 Å². The number of hydrogen-bond acceptors (Lipinski definition) is 4. The summed E-state index contributed by atoms with van der Waals surface area (Å²) < 4.78 is 10.9. The quantitative estimate of drug-likeness (QED) is 0.796. The van der Waals surface area contributed by atoms with Crippen molar-refractivity contribution in [2.75, 3.05) is 33.9 Å². The van der Waals surface area contributed by atoms with E-state index in [-0.39, 0.29) is 0 Å². The smallest absolute Gasteiger partial charge is 0.123 e. The van der Waals surface area contributed by atoms with Crippen molar-refractivity contribution < 1.29 is 9.47 Å². The molecule has 2 aromatic rings. The number of nitrogens with zero attached hydrogens (tertiary/aromatic N) is 1. The van der Waals surface area contributed by atoms with Gasteiger partial charge < -0.3 is 14.8 Å². The Bertz CT molecular complexity index is 668. The number of methoxy groups -OCH3 is 2. The lowest BCUT2D eigenvalue weighted by Gasteiger charge is -2.28. The van der Waals surface area contributed by atoms with Gasteiger partial charge in [-0.2, -0.15) is 0 Å². The molecule has 134 valence electrons. The van der Waals surface area contributed by atoms with Crippen molar-refractivity contribution in [2.45, 2.75) is 25.4 Å². The number of para-hydroxylation sites is 1. The number of hydrogen-bond donors (Lipinski definition) is 1. The third kappa shape index (κ3) is 4.53. The second-order valence-corrected chi connectivity index (χ2v) is 6.48. The first-order valence-electron chi connectivity index (χ1n) is 9.02. The highest BCUT2D eigenvalue weighted by Gasteiger charge is 2.23. The molecule has 0 radical (unpaired) electrons. The molecule has 0 unspecified atom stereocenters. The Hall–Kier alpha value is -2.04. The highest BCUT2D eigenvalue weighted by atomic mass is 16.5. The van der Waals surface area contributed by atoms with Crippen LogP contribution in [-0.4, -0.2) is 38.8 Å². The molecule has 0 spiro atoms. The van der Waals surface area contributed by atoms with E-state index in [9.17, 15) is 0 Å². The molecule has 0 aromatic heterocycles. The molecule has 1 heterocycles. The van der Waals surface area contributed by atoms with Gasteiger partial charge in [0.2, 0.25) is 0 Å². The molecule has 4 nitrogen and oxygen atoms in total. The van der Waals surface area contributed by atoms with Gasteiger partial charge in [-0.15, -0.1) is 0 Å². The highest BCUT2D eigenvalue weighted by Crippen LogP contribution is 2.27. The average molecular weight is 340 g/mol. The van der Waals surface area contributed by atoms with Crippen molar-refractivity contribution in [1.82, 2.24) is 10.2 Å². The van der Waals surface area contributed by atoms with Crippen molar-refractivity contribution in [1.29, 1.82) is 0 Å². The summed E-state index contributed by atoms with van der Waals surface area (Å²) in [4.78, 5) is 2.57. The number of likely N-dealkylation sites (tertiary alicyclic amines) is 1. The van der Waals surface area contributed by atoms with Gasteiger partial charge in [-0.25, -0.2) is 0 Å². The maximum Gasteiger partial charge on any atom is 0.123 e. The minimum absolute atomic E-state index is 0.368. The van der Waals surface area contributed by atoms with Gasteiger partial charge in [-0.3, -0.25) is 4.90 Å². The Labute approximate surface area is 150 Å². The fraction of sp³-hybridized carbons (Fsp3) is 0.429. The monoisotopic (exact) mass is 340 g/mol. The number of rotatable bonds is 8. The van der Waals surface area contributed by atoms with Crippen LogP contribution in [0.15, 0.2) is 48.5 Å². The van der Waals surface area contributed by atoms with E-state index in [1.54, 1.807) is 14.2 Å². The van der Waals surface area contributed by atoms with Crippen LogP contribution in [0.1, 0.15) is 30.0 Å². The van der Waals surface area contributed by atoms with Gasteiger partial charge >= 0.3 is 0 Å². The van der Waals surface area contributed by atoms with Crippen LogP contribution < -0.4 is 14.8 Å². The Kier molecular flexibility index (Phi) is 6.31. The number of ether oxygens (including phenoxy) is 2. The van der Waals surface area contributed by atoms with Crippen molar-refractivity contribution in [3.8, 4) is 11.5 Å². The molecule has 1 atom stereocenters. The summed E-state index contributed by atoms with van der Waals surface area (Å²) in [6, 6.07) is 17.0. The summed E-state index contributed by atoms with van der Waals surface area (Å²) in [5.74, 6) is 1.86. The van der Waals surface area contributed by atoms with E-state index in [1.165, 1.54) is 24.0 Å². The summed E-state index contributed by atoms with van der Waals surface area (Å²) in [7, 11) is 3.45. The van der Waals surface area contributed by atoms with Gasteiger partial charge in [0.25, 0.3) is 0 Å². The Balaban J connectivity index is 1.69. The Morgan fingerprint density at radius 2 is 1.80 bits per heavy atom. The summed E-state index contributed by atoms with van der Waals surface area (Å²) in [6.07, 6.45) is 2.57. The lowest BCUT2D eigenvalue weighted by Crippen LogP contribution is -2.34. The molecule has 0 aliphatic carbocycles. The van der Waals surface area contributed by atoms with Crippen LogP contribution in [0, 0.1) is 0 Å². The topological polar surface area (TPSA) is 33.7 Å². The van der Waals surface area contributed by atoms with Gasteiger partial charge in [0.15, 0.2) is 0 Å². The van der Waals surface area contributed by atoms with Crippen LogP contribution in [-0.2, 0) is 6.54 Å². The molecular formula is C21H28N2O2. The molecular weight excluding hydrogens is 312 g/mol. The van der Waals surface area contributed by atoms with E-state index in [4.69, 9.17) is 9.47 Å². The largest absolute Gasteiger partial charge is 0.497 e. The van der Waals surface area contributed by atoms with Gasteiger partial charge in [-0.05, 0) is 49.7 Å². The summed E-state index contributed by atoms with van der Waals surface area (Å²) in [6.45, 7) is 4.04. The predicted molar refractivity (Wildman–Crippen MR) is 101 cm³/mol. The van der Waals surface area contributed by atoms with E-state index in [0.29, 0.717) is 6.04 Å². The molecule has 0 bridgehead atoms. The first-order valence-corrected chi connectivity index (χ1v) is 9.02. The normalized spacial score (nSPS) is 15.9. The van der Waals surface area contributed by atoms with Crippen molar-refractivity contribution in [3.63, 3.8) is 0 Å². The van der Waals surface area contributed by atoms with Gasteiger partial charge in [0.05, 0.1) is 14.2 Å². The van der Waals surface area contributed by atoms with Gasteiger partial charge in [0, 0.05) is 24.7 Å². The average Bonchev–Trinajstić information content (AvgIpc) is 3.20. The van der Waals surface area contributed by atoms with Crippen molar-refractivity contribution in [3.05, 3.63) is 59.7 Å². The fourth-order valence-corrected chi connectivity index (χ4v) is 3.55. The molecule has 1 fully saturated rings. The van der Waals surface area contributed by atoms with Crippen LogP contribution in [0.25, 0.3) is 0 Å². The third-order valence-electron chi connectivity index (χ3n) is 4.91. The second-order valence-electron chi connectivity index (χ2n) is 6.48. The fourth-order valence-electron chi connectivity index (χ4n) is 3.55. The first-order chi connectivity index (χ1) is 12.3. The van der Waals surface area contributed by atoms with Gasteiger partial charge in [-0.1, -0.05) is 30.3 Å². The molecule has 25 heavy (non-hydrogen) atoms. The molecule has 3 rings (SSSR count). The predicted octanol–water partition coefficient (Wildman–Crippen LogP) is 3.63. The van der Waals surface area contributed by atoms with E-state index in [0.717, 1.165) is 37.7 Å². The molecule has 0 amide bonds. The molecule has 1 saturated heterocycles. The lowest BCUT2D eigenvalue weighted by atomic mass is 10.0.